The molecule has 0 N–H and O–H groups in total. The highest BCUT2D eigenvalue weighted by atomic mass is 16.3. The van der Waals surface area contributed by atoms with Gasteiger partial charge in [0.1, 0.15) is 11.2 Å². The van der Waals surface area contributed by atoms with Gasteiger partial charge in [0.15, 0.2) is 28.6 Å². The fourth-order valence-electron chi connectivity index (χ4n) is 7.52. The summed E-state index contributed by atoms with van der Waals surface area (Å²) in [5.74, 6) is 1.82. The van der Waals surface area contributed by atoms with Gasteiger partial charge in [-0.1, -0.05) is 121 Å². The monoisotopic (exact) mass is 654 g/mol. The average molecular weight is 655 g/mol. The Kier molecular flexibility index (Phi) is 5.86. The van der Waals surface area contributed by atoms with E-state index in [4.69, 9.17) is 23.8 Å². The van der Waals surface area contributed by atoms with Gasteiger partial charge in [-0.15, -0.1) is 0 Å². The minimum atomic E-state index is 0.583. The lowest BCUT2D eigenvalue weighted by molar-refractivity contribution is 0.665. The Balaban J connectivity index is 1.14. The first-order chi connectivity index (χ1) is 25.3. The van der Waals surface area contributed by atoms with Crippen LogP contribution >= 0.6 is 0 Å². The molecule has 4 heterocycles. The van der Waals surface area contributed by atoms with Crippen LogP contribution in [-0.4, -0.2) is 19.5 Å². The highest BCUT2D eigenvalue weighted by Crippen LogP contribution is 2.43. The Morgan fingerprint density at radius 1 is 0.373 bits per heavy atom. The largest absolute Gasteiger partial charge is 0.454 e. The zero-order chi connectivity index (χ0) is 33.5. The van der Waals surface area contributed by atoms with E-state index < -0.39 is 0 Å². The number of hydrogen-bond acceptors (Lipinski definition) is 5. The minimum Gasteiger partial charge on any atom is -0.454 e. The van der Waals surface area contributed by atoms with Gasteiger partial charge in [-0.3, -0.25) is 0 Å². The first-order valence-electron chi connectivity index (χ1n) is 16.9. The summed E-state index contributed by atoms with van der Waals surface area (Å²) in [6.45, 7) is 0. The van der Waals surface area contributed by atoms with E-state index in [1.807, 2.05) is 78.9 Å². The molecular weight excluding hydrogens is 629 g/mol. The molecule has 51 heavy (non-hydrogen) atoms. The third kappa shape index (κ3) is 4.20. The summed E-state index contributed by atoms with van der Waals surface area (Å²) < 4.78 is 15.7. The third-order valence-electron chi connectivity index (χ3n) is 9.86. The molecule has 0 atom stereocenters. The van der Waals surface area contributed by atoms with E-state index in [1.165, 1.54) is 0 Å². The molecule has 238 valence electrons. The van der Waals surface area contributed by atoms with Crippen LogP contribution in [0.5, 0.6) is 0 Å². The lowest BCUT2D eigenvalue weighted by atomic mass is 10.1. The maximum Gasteiger partial charge on any atom is 0.164 e. The summed E-state index contributed by atoms with van der Waals surface area (Å²) in [4.78, 5) is 14.8. The predicted molar refractivity (Wildman–Crippen MR) is 205 cm³/mol. The molecule has 6 nitrogen and oxygen atoms in total. The molecule has 0 aliphatic heterocycles. The van der Waals surface area contributed by atoms with Gasteiger partial charge in [-0.2, -0.15) is 0 Å². The minimum absolute atomic E-state index is 0.583. The van der Waals surface area contributed by atoms with Crippen LogP contribution in [0.1, 0.15) is 0 Å². The van der Waals surface area contributed by atoms with E-state index in [-0.39, 0.29) is 0 Å². The molecule has 0 radical (unpaired) electrons. The maximum absolute atomic E-state index is 6.85. The number of fused-ring (bicyclic) bond motifs is 10. The Morgan fingerprint density at radius 3 is 1.69 bits per heavy atom. The van der Waals surface area contributed by atoms with Crippen LogP contribution < -0.4 is 0 Å². The molecule has 0 unspecified atom stereocenters. The highest BCUT2D eigenvalue weighted by Gasteiger charge is 2.22. The van der Waals surface area contributed by atoms with Crippen molar-refractivity contribution in [3.63, 3.8) is 0 Å². The van der Waals surface area contributed by atoms with Gasteiger partial charge in [-0.05, 0) is 36.4 Å². The Morgan fingerprint density at radius 2 is 0.922 bits per heavy atom. The molecule has 6 heteroatoms. The first-order valence-corrected chi connectivity index (χ1v) is 16.9. The second-order valence-corrected chi connectivity index (χ2v) is 12.8. The van der Waals surface area contributed by atoms with Gasteiger partial charge in [-0.25, -0.2) is 15.0 Å². The maximum atomic E-state index is 6.85. The number of benzene rings is 7. The number of rotatable bonds is 4. The van der Waals surface area contributed by atoms with Gasteiger partial charge in [0, 0.05) is 49.0 Å². The number of hydrogen-bond donors (Lipinski definition) is 0. The van der Waals surface area contributed by atoms with Crippen molar-refractivity contribution in [2.45, 2.75) is 0 Å². The summed E-state index contributed by atoms with van der Waals surface area (Å²) in [5, 5.41) is 6.53. The molecule has 0 amide bonds. The Labute approximate surface area is 290 Å². The van der Waals surface area contributed by atoms with Crippen LogP contribution in [0.15, 0.2) is 167 Å². The van der Waals surface area contributed by atoms with E-state index in [1.54, 1.807) is 0 Å². The molecular formula is C45H26N4O2. The number of nitrogens with zero attached hydrogens (tertiary/aromatic N) is 4. The number of furan rings is 2. The van der Waals surface area contributed by atoms with Gasteiger partial charge in [0.2, 0.25) is 0 Å². The topological polar surface area (TPSA) is 69.9 Å². The van der Waals surface area contributed by atoms with Crippen LogP contribution in [0.3, 0.4) is 0 Å². The van der Waals surface area contributed by atoms with Crippen molar-refractivity contribution in [2.24, 2.45) is 0 Å². The second-order valence-electron chi connectivity index (χ2n) is 12.8. The standard InChI is InChI=1S/C45H26N4O2/c1-3-12-27(13-4-1)43-46-44(28-14-5-2-6-15-28)48-45(47-43)29-22-23-32-34-18-11-20-37(41(34)51-39(32)26-29)49-36-19-9-7-16-30(36)33-24-25-35-31-17-8-10-21-38(31)50-42(35)40(33)49/h1-26H. The molecule has 11 rings (SSSR count). The molecule has 0 bridgehead atoms. The SMILES string of the molecule is c1ccc(-c2nc(-c3ccccc3)nc(-c3ccc4c(c3)oc3c(-n5c6ccccc6c6ccc7c8ccccc8oc7c65)cccc34)n2)cc1. The zero-order valence-corrected chi connectivity index (χ0v) is 27.1. The van der Waals surface area contributed by atoms with E-state index in [0.29, 0.717) is 17.5 Å². The first kappa shape index (κ1) is 27.9. The summed E-state index contributed by atoms with van der Waals surface area (Å²) in [6.07, 6.45) is 0. The number of aromatic nitrogens is 4. The van der Waals surface area contributed by atoms with E-state index >= 15 is 0 Å². The van der Waals surface area contributed by atoms with Gasteiger partial charge >= 0.3 is 0 Å². The molecule has 7 aromatic carbocycles. The molecule has 4 aromatic heterocycles. The normalized spacial score (nSPS) is 11.9. The van der Waals surface area contributed by atoms with Gasteiger partial charge in [0.05, 0.1) is 16.7 Å². The van der Waals surface area contributed by atoms with Gasteiger partial charge in [0.25, 0.3) is 0 Å². The highest BCUT2D eigenvalue weighted by molar-refractivity contribution is 6.22. The van der Waals surface area contributed by atoms with Crippen LogP contribution in [0.4, 0.5) is 0 Å². The molecule has 0 aliphatic carbocycles. The molecule has 0 fully saturated rings. The Bertz CT molecular complexity index is 3080. The predicted octanol–water partition coefficient (Wildman–Crippen LogP) is 11.8. The quantitative estimate of drug-likeness (QED) is 0.189. The molecule has 0 spiro atoms. The summed E-state index contributed by atoms with van der Waals surface area (Å²) >= 11 is 0. The summed E-state index contributed by atoms with van der Waals surface area (Å²) in [6, 6.07) is 53.8. The average Bonchev–Trinajstić information content (AvgIpc) is 3.88. The third-order valence-corrected chi connectivity index (χ3v) is 9.86. The van der Waals surface area contributed by atoms with Crippen molar-refractivity contribution in [3.8, 4) is 39.9 Å². The molecule has 11 aromatic rings. The van der Waals surface area contributed by atoms with Crippen LogP contribution in [0.25, 0.3) is 106 Å². The molecule has 0 saturated heterocycles. The molecule has 0 aliphatic rings. The smallest absolute Gasteiger partial charge is 0.164 e. The van der Waals surface area contributed by atoms with Crippen LogP contribution in [0, 0.1) is 0 Å². The lowest BCUT2D eigenvalue weighted by Crippen LogP contribution is -2.00. The van der Waals surface area contributed by atoms with E-state index in [9.17, 15) is 0 Å². The molecule has 0 saturated carbocycles. The van der Waals surface area contributed by atoms with E-state index in [2.05, 4.69) is 83.4 Å². The van der Waals surface area contributed by atoms with Crippen LogP contribution in [0.2, 0.25) is 0 Å². The summed E-state index contributed by atoms with van der Waals surface area (Å²) in [5.41, 5.74) is 9.04. The fourth-order valence-corrected chi connectivity index (χ4v) is 7.52. The van der Waals surface area contributed by atoms with Crippen molar-refractivity contribution in [2.75, 3.05) is 0 Å². The van der Waals surface area contributed by atoms with Gasteiger partial charge < -0.3 is 13.4 Å². The fraction of sp³-hybridized carbons (Fsp3) is 0. The van der Waals surface area contributed by atoms with Crippen molar-refractivity contribution in [1.82, 2.24) is 19.5 Å². The zero-order valence-electron chi connectivity index (χ0n) is 27.1. The Hall–Kier alpha value is -7.05. The van der Waals surface area contributed by atoms with Crippen molar-refractivity contribution >= 4 is 65.7 Å². The summed E-state index contributed by atoms with van der Waals surface area (Å²) in [7, 11) is 0. The van der Waals surface area contributed by atoms with Crippen molar-refractivity contribution < 1.29 is 8.83 Å². The second kappa shape index (κ2) is 10.7. The van der Waals surface area contributed by atoms with Crippen LogP contribution in [-0.2, 0) is 0 Å². The number of para-hydroxylation sites is 3. The van der Waals surface area contributed by atoms with Crippen molar-refractivity contribution in [3.05, 3.63) is 158 Å². The lowest BCUT2D eigenvalue weighted by Gasteiger charge is -2.08. The van der Waals surface area contributed by atoms with Crippen molar-refractivity contribution in [1.29, 1.82) is 0 Å². The van der Waals surface area contributed by atoms with E-state index in [0.717, 1.165) is 88.1 Å².